The number of nitrogens with zero attached hydrogens (tertiary/aromatic N) is 2. The van der Waals surface area contributed by atoms with Gasteiger partial charge in [0.25, 0.3) is 5.91 Å². The van der Waals surface area contributed by atoms with Gasteiger partial charge in [0.1, 0.15) is 5.75 Å². The van der Waals surface area contributed by atoms with Crippen molar-refractivity contribution >= 4 is 57.7 Å². The van der Waals surface area contributed by atoms with Gasteiger partial charge in [-0.15, -0.1) is 0 Å². The maximum Gasteiger partial charge on any atom is 0.338 e. The summed E-state index contributed by atoms with van der Waals surface area (Å²) in [6, 6.07) is 11.7. The number of esters is 1. The van der Waals surface area contributed by atoms with Gasteiger partial charge in [-0.2, -0.15) is 0 Å². The van der Waals surface area contributed by atoms with Gasteiger partial charge in [0, 0.05) is 11.9 Å². The molecule has 2 aliphatic heterocycles. The Morgan fingerprint density at radius 3 is 2.76 bits per heavy atom. The Bertz CT molecular complexity index is 1230. The predicted molar refractivity (Wildman–Crippen MR) is 135 cm³/mol. The van der Waals surface area contributed by atoms with Gasteiger partial charge < -0.3 is 19.7 Å². The lowest BCUT2D eigenvalue weighted by molar-refractivity contribution is -0.139. The molecule has 176 valence electrons. The van der Waals surface area contributed by atoms with Crippen LogP contribution in [0.15, 0.2) is 70.3 Å². The average molecular weight is 518 g/mol. The zero-order chi connectivity index (χ0) is 24.2. The SMILES string of the molecule is CCOC(=O)C1=C(C)N=C2SC=CN2[C@H]1c1cccc(OCC(=O)Nc2ccc(Cl)c(Cl)c2)c1. The molecule has 0 aromatic heterocycles. The fourth-order valence-electron chi connectivity index (χ4n) is 3.59. The van der Waals surface area contributed by atoms with Gasteiger partial charge in [-0.25, -0.2) is 9.79 Å². The van der Waals surface area contributed by atoms with Crippen LogP contribution < -0.4 is 10.1 Å². The molecule has 0 fully saturated rings. The first-order valence-electron chi connectivity index (χ1n) is 10.4. The lowest BCUT2D eigenvalue weighted by Gasteiger charge is -2.33. The molecule has 0 aliphatic carbocycles. The molecule has 1 atom stereocenters. The summed E-state index contributed by atoms with van der Waals surface area (Å²) >= 11 is 13.4. The predicted octanol–water partition coefficient (Wildman–Crippen LogP) is 5.78. The van der Waals surface area contributed by atoms with Crippen LogP contribution in [0, 0.1) is 0 Å². The van der Waals surface area contributed by atoms with Crippen molar-refractivity contribution in [1.82, 2.24) is 4.90 Å². The highest BCUT2D eigenvalue weighted by molar-refractivity contribution is 8.16. The highest BCUT2D eigenvalue weighted by Gasteiger charge is 2.37. The third-order valence-electron chi connectivity index (χ3n) is 5.06. The van der Waals surface area contributed by atoms with Crippen LogP contribution in [-0.2, 0) is 14.3 Å². The van der Waals surface area contributed by atoms with Crippen LogP contribution >= 0.6 is 35.0 Å². The number of hydrogen-bond donors (Lipinski definition) is 1. The summed E-state index contributed by atoms with van der Waals surface area (Å²) in [6.45, 7) is 3.63. The molecule has 1 amide bonds. The highest BCUT2D eigenvalue weighted by atomic mass is 35.5. The standard InChI is InChI=1S/C24H21Cl2N3O4S/c1-3-32-23(31)21-14(2)27-24-29(9-10-34-24)22(21)15-5-4-6-17(11-15)33-13-20(30)28-16-7-8-18(25)19(26)12-16/h4-12,22H,3,13H2,1-2H3,(H,28,30)/t22-/m0/s1. The van der Waals surface area contributed by atoms with Crippen molar-refractivity contribution in [3.8, 4) is 5.75 Å². The van der Waals surface area contributed by atoms with E-state index < -0.39 is 12.0 Å². The second-order valence-corrected chi connectivity index (χ2v) is 9.05. The third kappa shape index (κ3) is 5.24. The summed E-state index contributed by atoms with van der Waals surface area (Å²) in [6.07, 6.45) is 1.89. The van der Waals surface area contributed by atoms with E-state index in [0.29, 0.717) is 32.8 Å². The molecule has 0 saturated heterocycles. The van der Waals surface area contributed by atoms with Crippen LogP contribution in [0.3, 0.4) is 0 Å². The van der Waals surface area contributed by atoms with E-state index in [9.17, 15) is 9.59 Å². The number of ether oxygens (including phenoxy) is 2. The Morgan fingerprint density at radius 2 is 2.00 bits per heavy atom. The largest absolute Gasteiger partial charge is 0.484 e. The van der Waals surface area contributed by atoms with E-state index in [-0.39, 0.29) is 19.1 Å². The van der Waals surface area contributed by atoms with Gasteiger partial charge in [0.15, 0.2) is 11.8 Å². The summed E-state index contributed by atoms with van der Waals surface area (Å²) in [7, 11) is 0. The van der Waals surface area contributed by atoms with E-state index >= 15 is 0 Å². The van der Waals surface area contributed by atoms with Crippen molar-refractivity contribution in [3.05, 3.63) is 81.0 Å². The number of amides is 1. The first kappa shape index (κ1) is 24.2. The van der Waals surface area contributed by atoms with Gasteiger partial charge in [0.05, 0.1) is 34.0 Å². The van der Waals surface area contributed by atoms with Crippen molar-refractivity contribution in [1.29, 1.82) is 0 Å². The topological polar surface area (TPSA) is 80.2 Å². The monoisotopic (exact) mass is 517 g/mol. The van der Waals surface area contributed by atoms with Crippen molar-refractivity contribution in [2.45, 2.75) is 19.9 Å². The molecule has 4 rings (SSSR count). The minimum absolute atomic E-state index is 0.208. The normalized spacial score (nSPS) is 16.8. The van der Waals surface area contributed by atoms with Crippen molar-refractivity contribution < 1.29 is 19.1 Å². The summed E-state index contributed by atoms with van der Waals surface area (Å²) in [4.78, 5) is 31.6. The summed E-state index contributed by atoms with van der Waals surface area (Å²) in [5, 5.41) is 6.17. The molecular formula is C24H21Cl2N3O4S. The summed E-state index contributed by atoms with van der Waals surface area (Å²) < 4.78 is 11.0. The Morgan fingerprint density at radius 1 is 1.18 bits per heavy atom. The summed E-state index contributed by atoms with van der Waals surface area (Å²) in [5.74, 6) is -0.273. The summed E-state index contributed by atoms with van der Waals surface area (Å²) in [5.41, 5.74) is 2.40. The molecule has 2 aromatic carbocycles. The van der Waals surface area contributed by atoms with Crippen LogP contribution in [0.2, 0.25) is 10.0 Å². The maximum atomic E-state index is 12.8. The number of amidine groups is 1. The van der Waals surface area contributed by atoms with E-state index in [1.807, 2.05) is 34.7 Å². The highest BCUT2D eigenvalue weighted by Crippen LogP contribution is 2.41. The smallest absolute Gasteiger partial charge is 0.338 e. The minimum Gasteiger partial charge on any atom is -0.484 e. The molecule has 0 spiro atoms. The van der Waals surface area contributed by atoms with Crippen LogP contribution in [0.1, 0.15) is 25.5 Å². The van der Waals surface area contributed by atoms with Gasteiger partial charge >= 0.3 is 5.97 Å². The zero-order valence-corrected chi connectivity index (χ0v) is 20.7. The molecular weight excluding hydrogens is 497 g/mol. The Hall–Kier alpha value is -2.94. The molecule has 34 heavy (non-hydrogen) atoms. The number of halogens is 2. The molecule has 0 bridgehead atoms. The fraction of sp³-hybridized carbons (Fsp3) is 0.208. The van der Waals surface area contributed by atoms with E-state index in [4.69, 9.17) is 32.7 Å². The van der Waals surface area contributed by atoms with Crippen molar-refractivity contribution in [2.24, 2.45) is 4.99 Å². The lowest BCUT2D eigenvalue weighted by Crippen LogP contribution is -2.34. The first-order chi connectivity index (χ1) is 16.4. The molecule has 2 aliphatic rings. The fourth-order valence-corrected chi connectivity index (χ4v) is 4.68. The number of carbonyl (C=O) groups is 2. The third-order valence-corrected chi connectivity index (χ3v) is 6.57. The van der Waals surface area contributed by atoms with Crippen molar-refractivity contribution in [2.75, 3.05) is 18.5 Å². The number of nitrogens with one attached hydrogen (secondary N) is 1. The molecule has 2 heterocycles. The quantitative estimate of drug-likeness (QED) is 0.469. The minimum atomic E-state index is -0.425. The van der Waals surface area contributed by atoms with Gasteiger partial charge in [0.2, 0.25) is 0 Å². The molecule has 1 N–H and O–H groups in total. The van der Waals surface area contributed by atoms with Gasteiger partial charge in [-0.05, 0) is 55.2 Å². The molecule has 0 saturated carbocycles. The number of thioether (sulfide) groups is 1. The number of fused-ring (bicyclic) bond motifs is 1. The van der Waals surface area contributed by atoms with Crippen LogP contribution in [0.5, 0.6) is 5.75 Å². The van der Waals surface area contributed by atoms with Crippen LogP contribution in [-0.4, -0.2) is 35.2 Å². The van der Waals surface area contributed by atoms with Crippen LogP contribution in [0.4, 0.5) is 5.69 Å². The van der Waals surface area contributed by atoms with E-state index in [1.54, 1.807) is 38.1 Å². The maximum absolute atomic E-state index is 12.8. The number of hydrogen-bond acceptors (Lipinski definition) is 7. The zero-order valence-electron chi connectivity index (χ0n) is 18.4. The molecule has 0 unspecified atom stereocenters. The number of allylic oxidation sites excluding steroid dienone is 1. The Kier molecular flexibility index (Phi) is 7.50. The number of anilines is 1. The second-order valence-electron chi connectivity index (χ2n) is 7.36. The second kappa shape index (κ2) is 10.5. The number of benzene rings is 2. The van der Waals surface area contributed by atoms with Crippen molar-refractivity contribution in [3.63, 3.8) is 0 Å². The van der Waals surface area contributed by atoms with E-state index in [0.717, 1.165) is 10.7 Å². The molecule has 7 nitrogen and oxygen atoms in total. The van der Waals surface area contributed by atoms with Gasteiger partial charge in [-0.1, -0.05) is 47.1 Å². The molecule has 2 aromatic rings. The lowest BCUT2D eigenvalue weighted by atomic mass is 9.94. The first-order valence-corrected chi connectivity index (χ1v) is 12.1. The number of aliphatic imine (C=N–C) groups is 1. The Balaban J connectivity index is 1.52. The van der Waals surface area contributed by atoms with Crippen LogP contribution in [0.25, 0.3) is 0 Å². The van der Waals surface area contributed by atoms with E-state index in [2.05, 4.69) is 10.3 Å². The van der Waals surface area contributed by atoms with Gasteiger partial charge in [-0.3, -0.25) is 4.79 Å². The van der Waals surface area contributed by atoms with E-state index in [1.165, 1.54) is 11.8 Å². The average Bonchev–Trinajstić information content (AvgIpc) is 3.27. The molecule has 10 heteroatoms. The molecule has 0 radical (unpaired) electrons. The number of carbonyl (C=O) groups excluding carboxylic acids is 2. The number of rotatable bonds is 7. The Labute approximate surface area is 211 Å².